The van der Waals surface area contributed by atoms with E-state index in [2.05, 4.69) is 16.3 Å². The molecule has 0 atom stereocenters. The number of aromatic nitrogens is 3. The van der Waals surface area contributed by atoms with E-state index in [1.54, 1.807) is 12.1 Å². The third-order valence-corrected chi connectivity index (χ3v) is 2.40. The molecule has 1 aromatic carbocycles. The molecule has 0 saturated carbocycles. The monoisotopic (exact) mass is 213 g/mol. The summed E-state index contributed by atoms with van der Waals surface area (Å²) in [5.41, 5.74) is 7.00. The predicted octanol–water partition coefficient (Wildman–Crippen LogP) is 0.812. The van der Waals surface area contributed by atoms with Crippen molar-refractivity contribution in [1.82, 2.24) is 14.8 Å². The number of benzene rings is 1. The molecule has 0 unspecified atom stereocenters. The molecule has 1 aromatic heterocycles. The summed E-state index contributed by atoms with van der Waals surface area (Å²) in [6.07, 6.45) is 0. The number of nitriles is 1. The summed E-state index contributed by atoms with van der Waals surface area (Å²) < 4.78 is 1.83. The van der Waals surface area contributed by atoms with E-state index in [0.29, 0.717) is 12.1 Å². The third-order valence-electron chi connectivity index (χ3n) is 2.40. The maximum Gasteiger partial charge on any atom is 0.163 e. The molecular formula is C11H11N5. The molecule has 2 aromatic rings. The van der Waals surface area contributed by atoms with Crippen LogP contribution in [0.25, 0.3) is 11.4 Å². The first-order valence-electron chi connectivity index (χ1n) is 4.85. The summed E-state index contributed by atoms with van der Waals surface area (Å²) in [4.78, 5) is 0. The molecule has 5 heteroatoms. The van der Waals surface area contributed by atoms with Gasteiger partial charge >= 0.3 is 0 Å². The SMILES string of the molecule is Cn1c(CN)nnc1-c1cccc(C#N)c1. The molecule has 0 aliphatic rings. The van der Waals surface area contributed by atoms with Gasteiger partial charge in [0.2, 0.25) is 0 Å². The lowest BCUT2D eigenvalue weighted by Crippen LogP contribution is -2.05. The van der Waals surface area contributed by atoms with Gasteiger partial charge in [0, 0.05) is 12.6 Å². The minimum Gasteiger partial charge on any atom is -0.324 e. The molecule has 0 aliphatic heterocycles. The molecule has 0 amide bonds. The number of nitrogens with zero attached hydrogens (tertiary/aromatic N) is 4. The van der Waals surface area contributed by atoms with E-state index in [1.165, 1.54) is 0 Å². The Morgan fingerprint density at radius 2 is 2.25 bits per heavy atom. The Kier molecular flexibility index (Phi) is 2.66. The van der Waals surface area contributed by atoms with E-state index in [4.69, 9.17) is 11.0 Å². The largest absolute Gasteiger partial charge is 0.324 e. The van der Waals surface area contributed by atoms with Crippen molar-refractivity contribution >= 4 is 0 Å². The zero-order chi connectivity index (χ0) is 11.5. The third kappa shape index (κ3) is 1.66. The standard InChI is InChI=1S/C11H11N5/c1-16-10(7-13)14-15-11(16)9-4-2-3-8(5-9)6-12/h2-5H,7,13H2,1H3. The van der Waals surface area contributed by atoms with Crippen molar-refractivity contribution in [3.05, 3.63) is 35.7 Å². The Bertz CT molecular complexity index is 550. The van der Waals surface area contributed by atoms with Gasteiger partial charge in [0.05, 0.1) is 18.2 Å². The van der Waals surface area contributed by atoms with Gasteiger partial charge in [-0.2, -0.15) is 5.26 Å². The van der Waals surface area contributed by atoms with Crippen molar-refractivity contribution in [3.63, 3.8) is 0 Å². The highest BCUT2D eigenvalue weighted by molar-refractivity contribution is 5.58. The van der Waals surface area contributed by atoms with E-state index in [0.717, 1.165) is 17.2 Å². The van der Waals surface area contributed by atoms with Crippen molar-refractivity contribution in [3.8, 4) is 17.5 Å². The quantitative estimate of drug-likeness (QED) is 0.800. The van der Waals surface area contributed by atoms with E-state index < -0.39 is 0 Å². The minimum absolute atomic E-state index is 0.349. The van der Waals surface area contributed by atoms with Crippen LogP contribution in [-0.4, -0.2) is 14.8 Å². The van der Waals surface area contributed by atoms with Gasteiger partial charge in [-0.25, -0.2) is 0 Å². The normalized spacial score (nSPS) is 10.1. The zero-order valence-electron chi connectivity index (χ0n) is 8.88. The van der Waals surface area contributed by atoms with E-state index in [-0.39, 0.29) is 0 Å². The highest BCUT2D eigenvalue weighted by Gasteiger charge is 2.09. The van der Waals surface area contributed by atoms with Crippen molar-refractivity contribution in [1.29, 1.82) is 5.26 Å². The smallest absolute Gasteiger partial charge is 0.163 e. The molecule has 0 aliphatic carbocycles. The fourth-order valence-electron chi connectivity index (χ4n) is 1.52. The first-order chi connectivity index (χ1) is 7.76. The second-order valence-electron chi connectivity index (χ2n) is 3.40. The van der Waals surface area contributed by atoms with Crippen LogP contribution >= 0.6 is 0 Å². The van der Waals surface area contributed by atoms with Gasteiger partial charge in [0.15, 0.2) is 5.82 Å². The fraction of sp³-hybridized carbons (Fsp3) is 0.182. The Labute approximate surface area is 93.1 Å². The summed E-state index contributed by atoms with van der Waals surface area (Å²) in [7, 11) is 1.86. The number of rotatable bonds is 2. The molecule has 16 heavy (non-hydrogen) atoms. The average Bonchev–Trinajstić information content (AvgIpc) is 2.70. The van der Waals surface area contributed by atoms with Gasteiger partial charge in [-0.3, -0.25) is 0 Å². The van der Waals surface area contributed by atoms with Gasteiger partial charge in [0.25, 0.3) is 0 Å². The lowest BCUT2D eigenvalue weighted by atomic mass is 10.1. The van der Waals surface area contributed by atoms with E-state index >= 15 is 0 Å². The second-order valence-corrected chi connectivity index (χ2v) is 3.40. The molecule has 0 radical (unpaired) electrons. The first kappa shape index (κ1) is 10.3. The van der Waals surface area contributed by atoms with Crippen LogP contribution < -0.4 is 5.73 Å². The summed E-state index contributed by atoms with van der Waals surface area (Å²) in [5, 5.41) is 16.8. The molecule has 1 heterocycles. The topological polar surface area (TPSA) is 80.5 Å². The van der Waals surface area contributed by atoms with Gasteiger partial charge in [-0.05, 0) is 12.1 Å². The molecular weight excluding hydrogens is 202 g/mol. The summed E-state index contributed by atoms with van der Waals surface area (Å²) in [6, 6.07) is 9.35. The highest BCUT2D eigenvalue weighted by Crippen LogP contribution is 2.18. The number of hydrogen-bond donors (Lipinski definition) is 1. The van der Waals surface area contributed by atoms with Crippen LogP contribution in [0, 0.1) is 11.3 Å². The summed E-state index contributed by atoms with van der Waals surface area (Å²) in [5.74, 6) is 1.44. The van der Waals surface area contributed by atoms with Gasteiger partial charge in [-0.15, -0.1) is 10.2 Å². The van der Waals surface area contributed by atoms with E-state index in [9.17, 15) is 0 Å². The maximum atomic E-state index is 8.82. The van der Waals surface area contributed by atoms with E-state index in [1.807, 2.05) is 23.7 Å². The fourth-order valence-corrected chi connectivity index (χ4v) is 1.52. The van der Waals surface area contributed by atoms with Crippen molar-refractivity contribution < 1.29 is 0 Å². The molecule has 80 valence electrons. The van der Waals surface area contributed by atoms with Crippen LogP contribution in [0.1, 0.15) is 11.4 Å². The Morgan fingerprint density at radius 1 is 1.44 bits per heavy atom. The molecule has 2 N–H and O–H groups in total. The lowest BCUT2D eigenvalue weighted by molar-refractivity contribution is 0.797. The summed E-state index contributed by atoms with van der Waals surface area (Å²) >= 11 is 0. The predicted molar refractivity (Wildman–Crippen MR) is 59.0 cm³/mol. The van der Waals surface area contributed by atoms with Crippen LogP contribution in [0.3, 0.4) is 0 Å². The van der Waals surface area contributed by atoms with Crippen LogP contribution in [0.15, 0.2) is 24.3 Å². The van der Waals surface area contributed by atoms with Crippen LogP contribution in [-0.2, 0) is 13.6 Å². The van der Waals surface area contributed by atoms with Crippen LogP contribution in [0.4, 0.5) is 0 Å². The maximum absolute atomic E-state index is 8.82. The molecule has 2 rings (SSSR count). The number of nitrogens with two attached hydrogens (primary N) is 1. The Morgan fingerprint density at radius 3 is 2.88 bits per heavy atom. The molecule has 0 fully saturated rings. The van der Waals surface area contributed by atoms with Crippen molar-refractivity contribution in [2.75, 3.05) is 0 Å². The number of hydrogen-bond acceptors (Lipinski definition) is 4. The Balaban J connectivity index is 2.51. The van der Waals surface area contributed by atoms with Gasteiger partial charge < -0.3 is 10.3 Å². The first-order valence-corrected chi connectivity index (χ1v) is 4.85. The van der Waals surface area contributed by atoms with Crippen LogP contribution in [0.5, 0.6) is 0 Å². The average molecular weight is 213 g/mol. The summed E-state index contributed by atoms with van der Waals surface area (Å²) in [6.45, 7) is 0.349. The second kappa shape index (κ2) is 4.13. The molecule has 5 nitrogen and oxygen atoms in total. The molecule has 0 spiro atoms. The van der Waals surface area contributed by atoms with Crippen LogP contribution in [0.2, 0.25) is 0 Å². The highest BCUT2D eigenvalue weighted by atomic mass is 15.3. The zero-order valence-corrected chi connectivity index (χ0v) is 8.88. The Hall–Kier alpha value is -2.19. The molecule has 0 bridgehead atoms. The minimum atomic E-state index is 0.349. The van der Waals surface area contributed by atoms with Gasteiger partial charge in [0.1, 0.15) is 5.82 Å². The molecule has 0 saturated heterocycles. The van der Waals surface area contributed by atoms with Gasteiger partial charge in [-0.1, -0.05) is 12.1 Å². The van der Waals surface area contributed by atoms with Crippen molar-refractivity contribution in [2.24, 2.45) is 12.8 Å². The lowest BCUT2D eigenvalue weighted by Gasteiger charge is -2.02. The van der Waals surface area contributed by atoms with Crippen molar-refractivity contribution in [2.45, 2.75) is 6.54 Å².